The molecule has 4 nitrogen and oxygen atoms in total. The molecule has 7 heteroatoms. The SMILES string of the molecule is Cc1cc(N2CCN(C)CC2)cc2c1CN(Cc1ccc(OC(F)(F)F)cc1)C2. The molecule has 4 rings (SSSR count). The summed E-state index contributed by atoms with van der Waals surface area (Å²) >= 11 is 0. The number of fused-ring (bicyclic) bond motifs is 1. The third-order valence-electron chi connectivity index (χ3n) is 5.76. The van der Waals surface area contributed by atoms with E-state index in [1.165, 1.54) is 34.5 Å². The topological polar surface area (TPSA) is 19.0 Å². The van der Waals surface area contributed by atoms with Gasteiger partial charge in [-0.05, 0) is 60.5 Å². The van der Waals surface area contributed by atoms with E-state index in [0.717, 1.165) is 44.8 Å². The molecule has 0 aliphatic carbocycles. The first kappa shape index (κ1) is 20.0. The van der Waals surface area contributed by atoms with E-state index in [1.54, 1.807) is 12.1 Å². The van der Waals surface area contributed by atoms with Crippen LogP contribution in [0.25, 0.3) is 0 Å². The zero-order chi connectivity index (χ0) is 20.6. The Morgan fingerprint density at radius 3 is 2.31 bits per heavy atom. The Bertz CT molecular complexity index is 859. The molecule has 0 atom stereocenters. The van der Waals surface area contributed by atoms with Crippen LogP contribution in [0.15, 0.2) is 36.4 Å². The molecule has 0 unspecified atom stereocenters. The minimum atomic E-state index is -4.66. The number of nitrogens with zero attached hydrogens (tertiary/aromatic N) is 3. The van der Waals surface area contributed by atoms with Gasteiger partial charge in [0.1, 0.15) is 5.75 Å². The van der Waals surface area contributed by atoms with Crippen LogP contribution >= 0.6 is 0 Å². The zero-order valence-electron chi connectivity index (χ0n) is 16.8. The molecule has 2 aliphatic rings. The Morgan fingerprint density at radius 1 is 0.966 bits per heavy atom. The highest BCUT2D eigenvalue weighted by Crippen LogP contribution is 2.32. The van der Waals surface area contributed by atoms with Crippen molar-refractivity contribution in [3.05, 3.63) is 58.7 Å². The number of piperazine rings is 1. The quantitative estimate of drug-likeness (QED) is 0.760. The van der Waals surface area contributed by atoms with Gasteiger partial charge in [-0.25, -0.2) is 0 Å². The summed E-state index contributed by atoms with van der Waals surface area (Å²) in [5.74, 6) is -0.182. The highest BCUT2D eigenvalue weighted by Gasteiger charge is 2.31. The summed E-state index contributed by atoms with van der Waals surface area (Å²) in [6.45, 7) is 8.85. The third kappa shape index (κ3) is 4.85. The smallest absolute Gasteiger partial charge is 0.406 e. The lowest BCUT2D eigenvalue weighted by Gasteiger charge is -2.34. The molecule has 0 N–H and O–H groups in total. The van der Waals surface area contributed by atoms with Crippen LogP contribution in [0.4, 0.5) is 18.9 Å². The highest BCUT2D eigenvalue weighted by molar-refractivity contribution is 5.55. The van der Waals surface area contributed by atoms with Crippen LogP contribution in [0, 0.1) is 6.92 Å². The number of hydrogen-bond acceptors (Lipinski definition) is 4. The van der Waals surface area contributed by atoms with E-state index in [1.807, 2.05) is 0 Å². The van der Waals surface area contributed by atoms with Crippen molar-refractivity contribution in [2.75, 3.05) is 38.1 Å². The highest BCUT2D eigenvalue weighted by atomic mass is 19.4. The molecule has 2 aromatic carbocycles. The molecule has 0 spiro atoms. The second-order valence-corrected chi connectivity index (χ2v) is 8.03. The summed E-state index contributed by atoms with van der Waals surface area (Å²) in [5, 5.41) is 0. The Labute approximate surface area is 169 Å². The van der Waals surface area contributed by atoms with E-state index in [4.69, 9.17) is 0 Å². The molecule has 156 valence electrons. The number of alkyl halides is 3. The average molecular weight is 405 g/mol. The molecule has 2 heterocycles. The van der Waals surface area contributed by atoms with Crippen molar-refractivity contribution in [2.24, 2.45) is 0 Å². The lowest BCUT2D eigenvalue weighted by atomic mass is 10.0. The van der Waals surface area contributed by atoms with Gasteiger partial charge in [0.25, 0.3) is 0 Å². The first-order valence-electron chi connectivity index (χ1n) is 9.90. The third-order valence-corrected chi connectivity index (χ3v) is 5.76. The predicted molar refractivity (Wildman–Crippen MR) is 107 cm³/mol. The van der Waals surface area contributed by atoms with Gasteiger partial charge >= 0.3 is 6.36 Å². The zero-order valence-corrected chi connectivity index (χ0v) is 16.8. The average Bonchev–Trinajstić information content (AvgIpc) is 3.06. The number of benzene rings is 2. The van der Waals surface area contributed by atoms with Crippen LogP contribution in [0.5, 0.6) is 5.75 Å². The molecule has 0 saturated carbocycles. The van der Waals surface area contributed by atoms with Crippen LogP contribution in [0.3, 0.4) is 0 Å². The number of aryl methyl sites for hydroxylation is 1. The van der Waals surface area contributed by atoms with E-state index >= 15 is 0 Å². The summed E-state index contributed by atoms with van der Waals surface area (Å²) in [6.07, 6.45) is -4.66. The Hall–Kier alpha value is -2.25. The molecule has 1 fully saturated rings. The van der Waals surface area contributed by atoms with Gasteiger partial charge in [0, 0.05) is 51.5 Å². The van der Waals surface area contributed by atoms with Gasteiger partial charge < -0.3 is 14.5 Å². The van der Waals surface area contributed by atoms with E-state index in [-0.39, 0.29) is 5.75 Å². The van der Waals surface area contributed by atoms with Crippen molar-refractivity contribution in [2.45, 2.75) is 32.9 Å². The maximum atomic E-state index is 12.3. The van der Waals surface area contributed by atoms with E-state index in [2.05, 4.69) is 45.5 Å². The lowest BCUT2D eigenvalue weighted by Crippen LogP contribution is -2.44. The fourth-order valence-corrected chi connectivity index (χ4v) is 4.17. The minimum absolute atomic E-state index is 0.182. The summed E-state index contributed by atoms with van der Waals surface area (Å²) in [6, 6.07) is 10.8. The first-order chi connectivity index (χ1) is 13.8. The number of rotatable bonds is 4. The van der Waals surface area contributed by atoms with Crippen molar-refractivity contribution in [1.82, 2.24) is 9.80 Å². The van der Waals surface area contributed by atoms with E-state index in [9.17, 15) is 13.2 Å². The Kier molecular flexibility index (Phi) is 5.44. The van der Waals surface area contributed by atoms with E-state index in [0.29, 0.717) is 6.54 Å². The summed E-state index contributed by atoms with van der Waals surface area (Å²) < 4.78 is 40.9. The Balaban J connectivity index is 1.41. The van der Waals surface area contributed by atoms with Crippen molar-refractivity contribution in [1.29, 1.82) is 0 Å². The molecular formula is C22H26F3N3O. The number of halogens is 3. The van der Waals surface area contributed by atoms with Gasteiger partial charge in [0.05, 0.1) is 0 Å². The fraction of sp³-hybridized carbons (Fsp3) is 0.455. The van der Waals surface area contributed by atoms with Crippen molar-refractivity contribution in [3.63, 3.8) is 0 Å². The normalized spacial score (nSPS) is 18.2. The molecule has 0 bridgehead atoms. The van der Waals surface area contributed by atoms with Gasteiger partial charge in [0.2, 0.25) is 0 Å². The second kappa shape index (κ2) is 7.88. The summed E-state index contributed by atoms with van der Waals surface area (Å²) in [4.78, 5) is 7.13. The lowest BCUT2D eigenvalue weighted by molar-refractivity contribution is -0.274. The molecule has 2 aromatic rings. The second-order valence-electron chi connectivity index (χ2n) is 8.03. The molecule has 0 amide bonds. The molecule has 0 radical (unpaired) electrons. The maximum Gasteiger partial charge on any atom is 0.573 e. The van der Waals surface area contributed by atoms with Gasteiger partial charge in [-0.3, -0.25) is 4.90 Å². The van der Waals surface area contributed by atoms with Crippen LogP contribution < -0.4 is 9.64 Å². The summed E-state index contributed by atoms with van der Waals surface area (Å²) in [7, 11) is 2.16. The van der Waals surface area contributed by atoms with Crippen LogP contribution in [0.1, 0.15) is 22.3 Å². The van der Waals surface area contributed by atoms with Crippen molar-refractivity contribution < 1.29 is 17.9 Å². The summed E-state index contributed by atoms with van der Waals surface area (Å²) in [5.41, 5.74) is 6.32. The molecule has 1 saturated heterocycles. The number of hydrogen-bond donors (Lipinski definition) is 0. The van der Waals surface area contributed by atoms with Gasteiger partial charge in [-0.1, -0.05) is 12.1 Å². The monoisotopic (exact) mass is 405 g/mol. The maximum absolute atomic E-state index is 12.3. The van der Waals surface area contributed by atoms with Gasteiger partial charge in [0.15, 0.2) is 0 Å². The van der Waals surface area contributed by atoms with Crippen molar-refractivity contribution in [3.8, 4) is 5.75 Å². The number of anilines is 1. The standard InChI is InChI=1S/C22H26F3N3O/c1-16-11-19(28-9-7-26(2)8-10-28)12-18-14-27(15-21(16)18)13-17-3-5-20(6-4-17)29-22(23,24)25/h3-6,11-12H,7-10,13-15H2,1-2H3. The number of likely N-dealkylation sites (N-methyl/N-ethyl adjacent to an activating group) is 1. The fourth-order valence-electron chi connectivity index (χ4n) is 4.17. The minimum Gasteiger partial charge on any atom is -0.406 e. The number of ether oxygens (including phenoxy) is 1. The van der Waals surface area contributed by atoms with Crippen LogP contribution in [0.2, 0.25) is 0 Å². The molecular weight excluding hydrogens is 379 g/mol. The largest absolute Gasteiger partial charge is 0.573 e. The predicted octanol–water partition coefficient (Wildman–Crippen LogP) is 4.16. The van der Waals surface area contributed by atoms with Crippen LogP contribution in [-0.2, 0) is 19.6 Å². The van der Waals surface area contributed by atoms with E-state index < -0.39 is 6.36 Å². The van der Waals surface area contributed by atoms with Crippen molar-refractivity contribution >= 4 is 5.69 Å². The first-order valence-corrected chi connectivity index (χ1v) is 9.90. The van der Waals surface area contributed by atoms with Gasteiger partial charge in [-0.15, -0.1) is 13.2 Å². The Morgan fingerprint density at radius 2 is 1.66 bits per heavy atom. The molecule has 0 aromatic heterocycles. The van der Waals surface area contributed by atoms with Crippen LogP contribution in [-0.4, -0.2) is 49.4 Å². The molecule has 2 aliphatic heterocycles. The molecule has 29 heavy (non-hydrogen) atoms. The van der Waals surface area contributed by atoms with Gasteiger partial charge in [-0.2, -0.15) is 0 Å².